The van der Waals surface area contributed by atoms with E-state index in [0.717, 1.165) is 18.4 Å². The van der Waals surface area contributed by atoms with Crippen molar-refractivity contribution in [1.82, 2.24) is 20.5 Å². The van der Waals surface area contributed by atoms with Crippen molar-refractivity contribution in [1.29, 1.82) is 0 Å². The summed E-state index contributed by atoms with van der Waals surface area (Å²) in [6.07, 6.45) is 8.19. The van der Waals surface area contributed by atoms with Crippen LogP contribution in [-0.4, -0.2) is 46.6 Å². The highest BCUT2D eigenvalue weighted by molar-refractivity contribution is 6.00. The summed E-state index contributed by atoms with van der Waals surface area (Å²) in [4.78, 5) is 21.7. The normalized spacial score (nSPS) is 15.9. The maximum Gasteiger partial charge on any atom is 0.291 e. The van der Waals surface area contributed by atoms with Gasteiger partial charge in [0.1, 0.15) is 5.76 Å². The number of hydrogen-bond acceptors (Lipinski definition) is 7. The molecule has 0 saturated carbocycles. The van der Waals surface area contributed by atoms with E-state index in [-0.39, 0.29) is 11.8 Å². The van der Waals surface area contributed by atoms with Crippen molar-refractivity contribution in [2.24, 2.45) is 10.7 Å². The number of nitrogens with one attached hydrogen (secondary N) is 2. The molecular formula is C21H22N6O3. The molecule has 0 aromatic carbocycles. The van der Waals surface area contributed by atoms with Gasteiger partial charge in [0, 0.05) is 31.8 Å². The first-order valence-electron chi connectivity index (χ1n) is 9.63. The number of pyridine rings is 1. The number of aromatic nitrogens is 3. The zero-order valence-electron chi connectivity index (χ0n) is 16.2. The molecule has 3 aromatic rings. The van der Waals surface area contributed by atoms with E-state index in [1.807, 2.05) is 6.07 Å². The first-order valence-corrected chi connectivity index (χ1v) is 9.63. The minimum Gasteiger partial charge on any atom is -0.451 e. The van der Waals surface area contributed by atoms with Crippen LogP contribution >= 0.6 is 0 Å². The fraction of sp³-hybridized carbons (Fsp3) is 0.238. The summed E-state index contributed by atoms with van der Waals surface area (Å²) in [6.45, 7) is 1.35. The number of aliphatic imine (C=N–C) groups is 1. The number of hydrogen-bond donors (Lipinski definition) is 3. The van der Waals surface area contributed by atoms with Gasteiger partial charge in [-0.2, -0.15) is 5.10 Å². The quantitative estimate of drug-likeness (QED) is 0.539. The lowest BCUT2D eigenvalue weighted by Crippen LogP contribution is -2.27. The largest absolute Gasteiger partial charge is 0.451 e. The summed E-state index contributed by atoms with van der Waals surface area (Å²) in [5, 5.41) is 9.40. The maximum atomic E-state index is 12.8. The molecule has 4 N–H and O–H groups in total. The van der Waals surface area contributed by atoms with Gasteiger partial charge in [0.25, 0.3) is 5.91 Å². The Morgan fingerprint density at radius 1 is 1.27 bits per heavy atom. The number of furan rings is 1. The van der Waals surface area contributed by atoms with Crippen LogP contribution in [0.5, 0.6) is 0 Å². The minimum atomic E-state index is -0.433. The highest BCUT2D eigenvalue weighted by Gasteiger charge is 2.17. The Morgan fingerprint density at radius 3 is 2.87 bits per heavy atom. The van der Waals surface area contributed by atoms with E-state index in [9.17, 15) is 4.79 Å². The number of ether oxygens (including phenoxy) is 1. The van der Waals surface area contributed by atoms with Gasteiger partial charge in [0.2, 0.25) is 0 Å². The number of amides is 1. The summed E-state index contributed by atoms with van der Waals surface area (Å²) in [6, 6.07) is 8.83. The van der Waals surface area contributed by atoms with Crippen LogP contribution in [0.15, 0.2) is 64.0 Å². The Balaban J connectivity index is 1.57. The molecule has 0 radical (unpaired) electrons. The molecule has 1 aliphatic heterocycles. The topological polar surface area (TPSA) is 131 Å². The fourth-order valence-corrected chi connectivity index (χ4v) is 3.03. The standard InChI is InChI=1S/C21H22N6O3/c22-20(16-3-1-2-8-23-16)17(13-24-15-6-9-29-10-7-15)27-21(28)19-5-4-18(30-19)14-11-25-26-12-14/h1-5,8,11-13,15H,6-7,9-10,22H2,(H,25,26)(H,27,28). The first kappa shape index (κ1) is 19.6. The van der Waals surface area contributed by atoms with E-state index < -0.39 is 5.91 Å². The van der Waals surface area contributed by atoms with Gasteiger partial charge in [-0.25, -0.2) is 0 Å². The molecule has 4 rings (SSSR count). The molecule has 0 atom stereocenters. The second-order valence-electron chi connectivity index (χ2n) is 6.77. The maximum absolute atomic E-state index is 12.8. The molecular weight excluding hydrogens is 384 g/mol. The van der Waals surface area contributed by atoms with E-state index in [0.29, 0.717) is 36.1 Å². The third-order valence-electron chi connectivity index (χ3n) is 4.70. The molecule has 4 heterocycles. The predicted molar refractivity (Wildman–Crippen MR) is 111 cm³/mol. The van der Waals surface area contributed by atoms with Gasteiger partial charge >= 0.3 is 0 Å². The van der Waals surface area contributed by atoms with Crippen molar-refractivity contribution in [2.75, 3.05) is 13.2 Å². The number of carbonyl (C=O) groups is 1. The van der Waals surface area contributed by atoms with Crippen molar-refractivity contribution < 1.29 is 13.9 Å². The van der Waals surface area contributed by atoms with Crippen molar-refractivity contribution >= 4 is 17.8 Å². The smallest absolute Gasteiger partial charge is 0.291 e. The van der Waals surface area contributed by atoms with E-state index in [1.54, 1.807) is 49.1 Å². The Morgan fingerprint density at radius 2 is 2.13 bits per heavy atom. The number of nitrogens with two attached hydrogens (primary N) is 1. The Kier molecular flexibility index (Phi) is 6.00. The van der Waals surface area contributed by atoms with Crippen LogP contribution in [0.1, 0.15) is 29.1 Å². The molecule has 1 aliphatic rings. The van der Waals surface area contributed by atoms with Gasteiger partial charge in [-0.3, -0.25) is 19.9 Å². The van der Waals surface area contributed by atoms with Crippen molar-refractivity contribution in [3.05, 3.63) is 66.1 Å². The van der Waals surface area contributed by atoms with Crippen LogP contribution in [0.2, 0.25) is 0 Å². The minimum absolute atomic E-state index is 0.124. The van der Waals surface area contributed by atoms with Gasteiger partial charge in [-0.15, -0.1) is 0 Å². The van der Waals surface area contributed by atoms with Crippen LogP contribution in [-0.2, 0) is 4.74 Å². The van der Waals surface area contributed by atoms with Gasteiger partial charge in [0.15, 0.2) is 5.76 Å². The number of aromatic amines is 1. The van der Waals surface area contributed by atoms with E-state index in [4.69, 9.17) is 14.9 Å². The molecule has 3 aromatic heterocycles. The summed E-state index contributed by atoms with van der Waals surface area (Å²) in [5.41, 5.74) is 8.29. The zero-order chi connectivity index (χ0) is 20.8. The number of nitrogens with zero attached hydrogens (tertiary/aromatic N) is 3. The monoisotopic (exact) mass is 406 g/mol. The van der Waals surface area contributed by atoms with Crippen LogP contribution in [0.4, 0.5) is 0 Å². The molecule has 9 nitrogen and oxygen atoms in total. The summed E-state index contributed by atoms with van der Waals surface area (Å²) < 4.78 is 11.0. The van der Waals surface area contributed by atoms with Crippen LogP contribution < -0.4 is 11.1 Å². The molecule has 154 valence electrons. The number of allylic oxidation sites excluding steroid dienone is 1. The number of rotatable bonds is 6. The first-order chi connectivity index (χ1) is 14.7. The molecule has 0 bridgehead atoms. The number of H-pyrrole nitrogens is 1. The second kappa shape index (κ2) is 9.19. The third kappa shape index (κ3) is 4.64. The average molecular weight is 406 g/mol. The molecule has 30 heavy (non-hydrogen) atoms. The van der Waals surface area contributed by atoms with Crippen LogP contribution in [0.3, 0.4) is 0 Å². The fourth-order valence-electron chi connectivity index (χ4n) is 3.03. The Bertz CT molecular complexity index is 1030. The molecule has 1 amide bonds. The Labute approximate surface area is 173 Å². The molecule has 0 unspecified atom stereocenters. The molecule has 9 heteroatoms. The zero-order valence-corrected chi connectivity index (χ0v) is 16.2. The van der Waals surface area contributed by atoms with E-state index in [1.165, 1.54) is 0 Å². The molecule has 0 spiro atoms. The molecule has 0 aliphatic carbocycles. The third-order valence-corrected chi connectivity index (χ3v) is 4.70. The summed E-state index contributed by atoms with van der Waals surface area (Å²) in [7, 11) is 0. The lowest BCUT2D eigenvalue weighted by molar-refractivity contribution is 0.0871. The highest BCUT2D eigenvalue weighted by atomic mass is 16.5. The van der Waals surface area contributed by atoms with Crippen LogP contribution in [0.25, 0.3) is 17.0 Å². The lowest BCUT2D eigenvalue weighted by atomic mass is 10.1. The van der Waals surface area contributed by atoms with Crippen LogP contribution in [0, 0.1) is 0 Å². The van der Waals surface area contributed by atoms with E-state index in [2.05, 4.69) is 25.5 Å². The Hall–Kier alpha value is -3.72. The number of carbonyl (C=O) groups excluding carboxylic acids is 1. The van der Waals surface area contributed by atoms with Gasteiger partial charge in [0.05, 0.1) is 34.9 Å². The second-order valence-corrected chi connectivity index (χ2v) is 6.77. The predicted octanol–water partition coefficient (Wildman–Crippen LogP) is 2.37. The van der Waals surface area contributed by atoms with E-state index >= 15 is 0 Å². The average Bonchev–Trinajstić information content (AvgIpc) is 3.49. The summed E-state index contributed by atoms with van der Waals surface area (Å²) in [5.74, 6) is 0.252. The summed E-state index contributed by atoms with van der Waals surface area (Å²) >= 11 is 0. The lowest BCUT2D eigenvalue weighted by Gasteiger charge is -2.18. The van der Waals surface area contributed by atoms with Crippen molar-refractivity contribution in [3.63, 3.8) is 0 Å². The highest BCUT2D eigenvalue weighted by Crippen LogP contribution is 2.21. The van der Waals surface area contributed by atoms with Gasteiger partial charge in [-0.05, 0) is 37.1 Å². The SMILES string of the molecule is NC(=C(C=NC1CCOCC1)NC(=O)c1ccc(-c2cn[nH]c2)o1)c1ccccn1. The van der Waals surface area contributed by atoms with Gasteiger partial charge < -0.3 is 20.2 Å². The molecule has 1 fully saturated rings. The van der Waals surface area contributed by atoms with Crippen molar-refractivity contribution in [3.8, 4) is 11.3 Å². The van der Waals surface area contributed by atoms with Gasteiger partial charge in [-0.1, -0.05) is 6.07 Å². The van der Waals surface area contributed by atoms with Crippen molar-refractivity contribution in [2.45, 2.75) is 18.9 Å². The molecule has 1 saturated heterocycles.